The van der Waals surface area contributed by atoms with Crippen molar-refractivity contribution in [3.63, 3.8) is 0 Å². The molecule has 2 aliphatic heterocycles. The number of carbonyl (C=O) groups is 1. The maximum atomic E-state index is 15.5. The van der Waals surface area contributed by atoms with Crippen LogP contribution < -0.4 is 10.6 Å². The van der Waals surface area contributed by atoms with Crippen LogP contribution in [0.15, 0.2) is 70.2 Å². The number of nitrogens with one attached hydrogen (secondary N) is 3. The SMILES string of the molecule is CCCC[C@@H](C)C(C)(C)C1=CC=C(NC2=CC34C5=CCCC(NC(=O)c6c(F)cc(C(C)(C)C)cc6C=N)=C5CO[C@@H]3C4N(C)C2O)CC1. The van der Waals surface area contributed by atoms with Crippen molar-refractivity contribution in [3.8, 4) is 0 Å². The number of carbonyl (C=O) groups excluding carboxylic acids is 1. The molecule has 1 saturated heterocycles. The Hall–Kier alpha value is -3.33. The van der Waals surface area contributed by atoms with E-state index in [-0.39, 0.29) is 34.1 Å². The predicted octanol–water partition coefficient (Wildman–Crippen LogP) is 7.79. The van der Waals surface area contributed by atoms with E-state index < -0.39 is 23.4 Å². The van der Waals surface area contributed by atoms with Crippen LogP contribution in [0.25, 0.3) is 0 Å². The van der Waals surface area contributed by atoms with E-state index in [1.165, 1.54) is 30.9 Å². The predicted molar refractivity (Wildman–Crippen MR) is 194 cm³/mol. The number of amides is 1. The molecule has 0 radical (unpaired) electrons. The van der Waals surface area contributed by atoms with Crippen LogP contribution in [-0.2, 0) is 10.2 Å². The Morgan fingerprint density at radius 1 is 1.20 bits per heavy atom. The van der Waals surface area contributed by atoms with Crippen molar-refractivity contribution in [3.05, 3.63) is 92.8 Å². The van der Waals surface area contributed by atoms with Crippen LogP contribution in [0.5, 0.6) is 0 Å². The molecule has 0 aromatic heterocycles. The lowest BCUT2D eigenvalue weighted by Gasteiger charge is -2.38. The van der Waals surface area contributed by atoms with Gasteiger partial charge >= 0.3 is 0 Å². The quantitative estimate of drug-likeness (QED) is 0.191. The summed E-state index contributed by atoms with van der Waals surface area (Å²) in [5.74, 6) is -0.573. The van der Waals surface area contributed by atoms with E-state index in [0.29, 0.717) is 18.9 Å². The first kappa shape index (κ1) is 35.5. The van der Waals surface area contributed by atoms with E-state index in [2.05, 4.69) is 62.6 Å². The molecule has 49 heavy (non-hydrogen) atoms. The number of hydrogen-bond acceptors (Lipinski definition) is 6. The maximum absolute atomic E-state index is 15.5. The van der Waals surface area contributed by atoms with Gasteiger partial charge in [0.15, 0.2) is 0 Å². The van der Waals surface area contributed by atoms with Crippen LogP contribution in [-0.4, -0.2) is 54.2 Å². The number of likely N-dealkylation sites (N-methyl/N-ethyl adjacent to an activating group) is 1. The van der Waals surface area contributed by atoms with Gasteiger partial charge in [-0.05, 0) is 91.3 Å². The fourth-order valence-corrected chi connectivity index (χ4v) is 8.47. The van der Waals surface area contributed by atoms with Gasteiger partial charge in [-0.2, -0.15) is 0 Å². The average molecular weight is 671 g/mol. The average Bonchev–Trinajstić information content (AvgIpc) is 3.74. The molecule has 7 nitrogen and oxygen atoms in total. The summed E-state index contributed by atoms with van der Waals surface area (Å²) < 4.78 is 21.9. The van der Waals surface area contributed by atoms with Crippen molar-refractivity contribution in [1.82, 2.24) is 15.5 Å². The molecule has 2 fully saturated rings. The van der Waals surface area contributed by atoms with Gasteiger partial charge in [-0.3, -0.25) is 9.69 Å². The number of aliphatic hydroxyl groups is 1. The second kappa shape index (κ2) is 13.1. The maximum Gasteiger partial charge on any atom is 0.259 e. The molecule has 1 aromatic rings. The first-order valence-corrected chi connectivity index (χ1v) is 18.2. The number of ether oxygens (including phenoxy) is 1. The number of halogens is 1. The Morgan fingerprint density at radius 2 is 1.96 bits per heavy atom. The normalized spacial score (nSPS) is 27.4. The third-order valence-corrected chi connectivity index (χ3v) is 12.1. The molecule has 5 atom stereocenters. The minimum absolute atomic E-state index is 0.0315. The molecule has 1 aromatic carbocycles. The Bertz CT molecular complexity index is 1690. The second-order valence-electron chi connectivity index (χ2n) is 16.4. The van der Waals surface area contributed by atoms with E-state index in [4.69, 9.17) is 10.1 Å². The van der Waals surface area contributed by atoms with Crippen LogP contribution >= 0.6 is 0 Å². The van der Waals surface area contributed by atoms with E-state index in [1.54, 1.807) is 6.07 Å². The Labute approximate surface area is 292 Å². The first-order chi connectivity index (χ1) is 23.1. The molecule has 3 aliphatic carbocycles. The zero-order chi connectivity index (χ0) is 35.5. The molecule has 1 saturated carbocycles. The van der Waals surface area contributed by atoms with Gasteiger partial charge in [-0.25, -0.2) is 4.39 Å². The molecular weight excluding hydrogens is 615 g/mol. The molecule has 4 N–H and O–H groups in total. The van der Waals surface area contributed by atoms with Crippen LogP contribution in [0.2, 0.25) is 0 Å². The summed E-state index contributed by atoms with van der Waals surface area (Å²) >= 11 is 0. The van der Waals surface area contributed by atoms with Gasteiger partial charge in [0.05, 0.1) is 35.4 Å². The highest BCUT2D eigenvalue weighted by Gasteiger charge is 2.73. The monoisotopic (exact) mass is 670 g/mol. The van der Waals surface area contributed by atoms with E-state index in [1.807, 2.05) is 32.7 Å². The molecule has 1 amide bonds. The summed E-state index contributed by atoms with van der Waals surface area (Å²) in [7, 11) is 1.94. The van der Waals surface area contributed by atoms with Crippen molar-refractivity contribution >= 4 is 12.1 Å². The second-order valence-corrected chi connectivity index (χ2v) is 16.4. The fraction of sp³-hybridized carbons (Fsp3) is 0.561. The van der Waals surface area contributed by atoms with Crippen molar-refractivity contribution < 1.29 is 19.0 Å². The van der Waals surface area contributed by atoms with E-state index in [9.17, 15) is 9.90 Å². The number of allylic oxidation sites excluding steroid dienone is 6. The van der Waals surface area contributed by atoms with Gasteiger partial charge in [0.25, 0.3) is 5.91 Å². The minimum Gasteiger partial charge on any atom is -0.373 e. The van der Waals surface area contributed by atoms with Crippen molar-refractivity contribution in [1.29, 1.82) is 5.41 Å². The van der Waals surface area contributed by atoms with Crippen molar-refractivity contribution in [2.75, 3.05) is 13.7 Å². The number of nitrogens with zero attached hydrogens (tertiary/aromatic N) is 1. The standard InChI is InChI=1S/C41H55FN4O3/c1-9-10-12-24(2)40(6,7)26-15-17-28(18-16-26)44-33-21-41-30-13-11-14-32(29(30)23-49-36(41)35(41)46(8)38(33)48)45-37(47)34-25(22-43)19-27(20-31(34)42)39(3,4)5/h13,15,17,19-22,24,35-36,38,43-44,48H,9-12,14,16,18,23H2,1-8H3,(H,45,47)/t24-,35?,36-,38?,41?/m1/s1. The van der Waals surface area contributed by atoms with Gasteiger partial charge in [0.1, 0.15) is 12.0 Å². The van der Waals surface area contributed by atoms with Crippen LogP contribution in [0.3, 0.4) is 0 Å². The smallest absolute Gasteiger partial charge is 0.259 e. The lowest BCUT2D eigenvalue weighted by Crippen LogP contribution is -2.45. The molecule has 264 valence electrons. The highest BCUT2D eigenvalue weighted by Crippen LogP contribution is 2.65. The zero-order valence-corrected chi connectivity index (χ0v) is 30.6. The molecular formula is C41H55FN4O3. The minimum atomic E-state index is -0.795. The summed E-state index contributed by atoms with van der Waals surface area (Å²) in [6.07, 6.45) is 15.9. The molecule has 0 bridgehead atoms. The van der Waals surface area contributed by atoms with Gasteiger partial charge < -0.3 is 25.9 Å². The first-order valence-electron chi connectivity index (χ1n) is 18.2. The highest BCUT2D eigenvalue weighted by atomic mass is 19.1. The largest absolute Gasteiger partial charge is 0.373 e. The topological polar surface area (TPSA) is 97.7 Å². The zero-order valence-electron chi connectivity index (χ0n) is 30.6. The van der Waals surface area contributed by atoms with Crippen LogP contribution in [0.1, 0.15) is 115 Å². The van der Waals surface area contributed by atoms with Crippen LogP contribution in [0, 0.1) is 28.0 Å². The molecule has 3 unspecified atom stereocenters. The van der Waals surface area contributed by atoms with E-state index in [0.717, 1.165) is 59.3 Å². The summed E-state index contributed by atoms with van der Waals surface area (Å²) in [6, 6.07) is 3.10. The molecule has 1 spiro atoms. The van der Waals surface area contributed by atoms with Crippen LogP contribution in [0.4, 0.5) is 4.39 Å². The Kier molecular flexibility index (Phi) is 9.48. The van der Waals surface area contributed by atoms with Gasteiger partial charge in [-0.1, -0.05) is 79.0 Å². The number of unbranched alkanes of at least 4 members (excludes halogenated alkanes) is 1. The molecule has 5 aliphatic rings. The van der Waals surface area contributed by atoms with Crippen molar-refractivity contribution in [2.24, 2.45) is 16.7 Å². The summed E-state index contributed by atoms with van der Waals surface area (Å²) in [4.78, 5) is 15.6. The molecule has 8 heteroatoms. The fourth-order valence-electron chi connectivity index (χ4n) is 8.47. The number of aliphatic hydroxyl groups excluding tert-OH is 1. The van der Waals surface area contributed by atoms with Gasteiger partial charge in [0, 0.05) is 28.7 Å². The van der Waals surface area contributed by atoms with Gasteiger partial charge in [0.2, 0.25) is 0 Å². The third-order valence-electron chi connectivity index (χ3n) is 12.1. The Balaban J connectivity index is 1.26. The number of hydrogen-bond donors (Lipinski definition) is 4. The summed E-state index contributed by atoms with van der Waals surface area (Å²) in [5, 5.41) is 26.0. The van der Waals surface area contributed by atoms with Gasteiger partial charge in [-0.15, -0.1) is 0 Å². The molecule has 6 rings (SSSR count). The Morgan fingerprint density at radius 3 is 2.61 bits per heavy atom. The lowest BCUT2D eigenvalue weighted by atomic mass is 9.69. The lowest BCUT2D eigenvalue weighted by molar-refractivity contribution is 0.0200. The number of benzene rings is 1. The summed E-state index contributed by atoms with van der Waals surface area (Å²) in [6.45, 7) is 15.6. The van der Waals surface area contributed by atoms with E-state index >= 15 is 4.39 Å². The highest BCUT2D eigenvalue weighted by molar-refractivity contribution is 6.03. The number of fused-ring (bicyclic) bond motifs is 2. The van der Waals surface area contributed by atoms with Crippen molar-refractivity contribution in [2.45, 2.75) is 117 Å². The number of rotatable bonds is 10. The molecule has 2 heterocycles. The third kappa shape index (κ3) is 6.19. The summed E-state index contributed by atoms with van der Waals surface area (Å²) in [5.41, 5.74) is 6.33.